The van der Waals surface area contributed by atoms with Crippen molar-refractivity contribution in [1.82, 2.24) is 19.3 Å². The van der Waals surface area contributed by atoms with Crippen LogP contribution in [0.1, 0.15) is 49.2 Å². The van der Waals surface area contributed by atoms with Crippen LogP contribution in [0.5, 0.6) is 0 Å². The fraction of sp³-hybridized carbons (Fsp3) is 0.647. The highest BCUT2D eigenvalue weighted by Crippen LogP contribution is 2.42. The molecule has 1 aliphatic heterocycles. The number of nitrogens with one attached hydrogen (secondary N) is 1. The number of imidazole rings is 1. The topological polar surface area (TPSA) is 56.9 Å². The highest BCUT2D eigenvalue weighted by molar-refractivity contribution is 5.49. The average Bonchev–Trinajstić information content (AvgIpc) is 3.21. The molecule has 0 bridgehead atoms. The van der Waals surface area contributed by atoms with Gasteiger partial charge in [-0.3, -0.25) is 4.68 Å². The molecular weight excluding hydrogens is 290 g/mol. The van der Waals surface area contributed by atoms with Crippen LogP contribution in [0.4, 0.5) is 5.69 Å². The van der Waals surface area contributed by atoms with E-state index in [0.717, 1.165) is 25.4 Å². The first-order valence-corrected chi connectivity index (χ1v) is 8.58. The molecule has 4 rings (SSSR count). The van der Waals surface area contributed by atoms with E-state index in [1.165, 1.54) is 30.6 Å². The van der Waals surface area contributed by atoms with E-state index < -0.39 is 0 Å². The van der Waals surface area contributed by atoms with Crippen molar-refractivity contribution in [2.24, 2.45) is 20.0 Å². The van der Waals surface area contributed by atoms with Gasteiger partial charge in [-0.25, -0.2) is 4.98 Å². The van der Waals surface area contributed by atoms with E-state index in [0.29, 0.717) is 11.8 Å². The van der Waals surface area contributed by atoms with Crippen molar-refractivity contribution in [3.05, 3.63) is 30.1 Å². The second kappa shape index (κ2) is 6.00. The molecule has 124 valence electrons. The quantitative estimate of drug-likeness (QED) is 0.921. The smallest absolute Gasteiger partial charge is 0.138 e. The normalized spacial score (nSPS) is 24.8. The number of ether oxygens (including phenoxy) is 1. The van der Waals surface area contributed by atoms with E-state index in [2.05, 4.69) is 26.2 Å². The molecule has 0 aromatic carbocycles. The van der Waals surface area contributed by atoms with E-state index in [4.69, 9.17) is 4.74 Å². The van der Waals surface area contributed by atoms with Crippen molar-refractivity contribution in [3.8, 4) is 0 Å². The van der Waals surface area contributed by atoms with Crippen molar-refractivity contribution < 1.29 is 4.74 Å². The molecule has 0 unspecified atom stereocenters. The van der Waals surface area contributed by atoms with Crippen LogP contribution in [0.3, 0.4) is 0 Å². The molecule has 23 heavy (non-hydrogen) atoms. The third kappa shape index (κ3) is 3.00. The van der Waals surface area contributed by atoms with Gasteiger partial charge in [-0.1, -0.05) is 0 Å². The van der Waals surface area contributed by atoms with Gasteiger partial charge in [0.15, 0.2) is 0 Å². The highest BCUT2D eigenvalue weighted by atomic mass is 16.5. The Morgan fingerprint density at radius 1 is 1.30 bits per heavy atom. The van der Waals surface area contributed by atoms with Crippen molar-refractivity contribution in [2.45, 2.75) is 37.7 Å². The summed E-state index contributed by atoms with van der Waals surface area (Å²) in [5.74, 6) is 2.13. The van der Waals surface area contributed by atoms with Gasteiger partial charge in [-0.15, -0.1) is 0 Å². The SMILES string of the molecule is Cn1cc(NC[C@@H]2CCCO[C@H]2c2nccn2C)c(C2CC2)n1. The van der Waals surface area contributed by atoms with Gasteiger partial charge in [-0.05, 0) is 25.7 Å². The maximum atomic E-state index is 6.06. The Morgan fingerprint density at radius 2 is 2.17 bits per heavy atom. The standard InChI is InChI=1S/C17H25N5O/c1-21-8-7-18-17(21)16-13(4-3-9-23-16)10-19-14-11-22(2)20-15(14)12-5-6-12/h7-8,11-13,16,19H,3-6,9-10H2,1-2H3/t13-,16+/m0/s1. The van der Waals surface area contributed by atoms with Crippen LogP contribution in [0, 0.1) is 5.92 Å². The molecule has 3 heterocycles. The Labute approximate surface area is 136 Å². The molecule has 6 heteroatoms. The molecule has 0 spiro atoms. The molecule has 1 N–H and O–H groups in total. The zero-order valence-electron chi connectivity index (χ0n) is 13.9. The first kappa shape index (κ1) is 14.8. The largest absolute Gasteiger partial charge is 0.382 e. The monoisotopic (exact) mass is 315 g/mol. The summed E-state index contributed by atoms with van der Waals surface area (Å²) < 4.78 is 10.0. The van der Waals surface area contributed by atoms with Gasteiger partial charge in [0.25, 0.3) is 0 Å². The van der Waals surface area contributed by atoms with Crippen LogP contribution in [-0.2, 0) is 18.8 Å². The average molecular weight is 315 g/mol. The lowest BCUT2D eigenvalue weighted by Gasteiger charge is -2.31. The van der Waals surface area contributed by atoms with Crippen LogP contribution in [-0.4, -0.2) is 32.5 Å². The minimum Gasteiger partial charge on any atom is -0.382 e. The van der Waals surface area contributed by atoms with Crippen LogP contribution < -0.4 is 5.32 Å². The predicted molar refractivity (Wildman–Crippen MR) is 88.3 cm³/mol. The van der Waals surface area contributed by atoms with Gasteiger partial charge in [0, 0.05) is 57.7 Å². The zero-order valence-corrected chi connectivity index (χ0v) is 13.9. The molecule has 1 aliphatic carbocycles. The van der Waals surface area contributed by atoms with Gasteiger partial charge < -0.3 is 14.6 Å². The third-order valence-electron chi connectivity index (χ3n) is 4.93. The van der Waals surface area contributed by atoms with Crippen molar-refractivity contribution in [3.63, 3.8) is 0 Å². The third-order valence-corrected chi connectivity index (χ3v) is 4.93. The van der Waals surface area contributed by atoms with Crippen LogP contribution in [0.15, 0.2) is 18.6 Å². The summed E-state index contributed by atoms with van der Waals surface area (Å²) in [6, 6.07) is 0. The Morgan fingerprint density at radius 3 is 2.91 bits per heavy atom. The van der Waals surface area contributed by atoms with Gasteiger partial charge in [-0.2, -0.15) is 5.10 Å². The molecule has 1 saturated carbocycles. The van der Waals surface area contributed by atoms with Gasteiger partial charge in [0.1, 0.15) is 11.9 Å². The number of nitrogens with zero attached hydrogens (tertiary/aromatic N) is 4. The number of rotatable bonds is 5. The Balaban J connectivity index is 1.47. The number of aryl methyl sites for hydroxylation is 2. The predicted octanol–water partition coefficient (Wildman–Crippen LogP) is 2.61. The maximum Gasteiger partial charge on any atom is 0.138 e. The summed E-state index contributed by atoms with van der Waals surface area (Å²) in [7, 11) is 4.04. The molecule has 2 aliphatic rings. The van der Waals surface area contributed by atoms with Crippen molar-refractivity contribution in [2.75, 3.05) is 18.5 Å². The molecule has 1 saturated heterocycles. The fourth-order valence-corrected chi connectivity index (χ4v) is 3.53. The van der Waals surface area contributed by atoms with Crippen molar-refractivity contribution >= 4 is 5.69 Å². The summed E-state index contributed by atoms with van der Waals surface area (Å²) in [4.78, 5) is 4.50. The number of hydrogen-bond acceptors (Lipinski definition) is 4. The fourth-order valence-electron chi connectivity index (χ4n) is 3.53. The second-order valence-electron chi connectivity index (χ2n) is 6.85. The first-order chi connectivity index (χ1) is 11.2. The van der Waals surface area contributed by atoms with Gasteiger partial charge in [0.2, 0.25) is 0 Å². The zero-order chi connectivity index (χ0) is 15.8. The Kier molecular flexibility index (Phi) is 3.85. The lowest BCUT2D eigenvalue weighted by Crippen LogP contribution is -2.30. The minimum absolute atomic E-state index is 0.0808. The van der Waals surface area contributed by atoms with E-state index in [-0.39, 0.29) is 6.10 Å². The Hall–Kier alpha value is -1.82. The summed E-state index contributed by atoms with van der Waals surface area (Å²) in [5.41, 5.74) is 2.43. The van der Waals surface area contributed by atoms with Crippen LogP contribution in [0.2, 0.25) is 0 Å². The summed E-state index contributed by atoms with van der Waals surface area (Å²) in [5, 5.41) is 8.26. The number of anilines is 1. The van der Waals surface area contributed by atoms with Gasteiger partial charge >= 0.3 is 0 Å². The lowest BCUT2D eigenvalue weighted by molar-refractivity contribution is -0.0304. The number of aromatic nitrogens is 4. The van der Waals surface area contributed by atoms with Crippen molar-refractivity contribution in [1.29, 1.82) is 0 Å². The molecule has 2 aromatic heterocycles. The van der Waals surface area contributed by atoms with E-state index >= 15 is 0 Å². The molecule has 2 atom stereocenters. The summed E-state index contributed by atoms with van der Waals surface area (Å²) in [6.07, 6.45) is 10.9. The van der Waals surface area contributed by atoms with E-state index in [1.807, 2.05) is 31.2 Å². The molecular formula is C17H25N5O. The molecule has 2 aromatic rings. The molecule has 0 amide bonds. The van der Waals surface area contributed by atoms with Gasteiger partial charge in [0.05, 0.1) is 11.4 Å². The first-order valence-electron chi connectivity index (χ1n) is 8.58. The van der Waals surface area contributed by atoms with Crippen LogP contribution >= 0.6 is 0 Å². The lowest BCUT2D eigenvalue weighted by atomic mass is 9.93. The van der Waals surface area contributed by atoms with Crippen LogP contribution in [0.25, 0.3) is 0 Å². The molecule has 0 radical (unpaired) electrons. The summed E-state index contributed by atoms with van der Waals surface area (Å²) in [6.45, 7) is 1.73. The van der Waals surface area contributed by atoms with E-state index in [9.17, 15) is 0 Å². The Bertz CT molecular complexity index is 672. The molecule has 6 nitrogen and oxygen atoms in total. The molecule has 2 fully saturated rings. The summed E-state index contributed by atoms with van der Waals surface area (Å²) >= 11 is 0. The second-order valence-corrected chi connectivity index (χ2v) is 6.85. The minimum atomic E-state index is 0.0808. The maximum absolute atomic E-state index is 6.06. The number of hydrogen-bond donors (Lipinski definition) is 1. The highest BCUT2D eigenvalue weighted by Gasteiger charge is 2.32. The van der Waals surface area contributed by atoms with E-state index in [1.54, 1.807) is 0 Å².